The number of carbonyl (C=O) groups is 3. The highest BCUT2D eigenvalue weighted by Crippen LogP contribution is 2.46. The number of rotatable bonds is 8. The first-order valence-corrected chi connectivity index (χ1v) is 13.8. The number of nitrogens with zero attached hydrogens (tertiary/aromatic N) is 2. The Balaban J connectivity index is 1.36. The maximum absolute atomic E-state index is 13.7. The molecule has 2 aliphatic heterocycles. The number of hydrogen-bond donors (Lipinski definition) is 3. The Morgan fingerprint density at radius 2 is 1.98 bits per heavy atom. The Morgan fingerprint density at radius 3 is 2.71 bits per heavy atom. The molecular formula is C30H27N5O5S. The van der Waals surface area contributed by atoms with E-state index in [9.17, 15) is 14.4 Å². The van der Waals surface area contributed by atoms with E-state index in [1.165, 1.54) is 13.2 Å². The van der Waals surface area contributed by atoms with Gasteiger partial charge < -0.3 is 25.4 Å². The fraction of sp³-hybridized carbons (Fsp3) is 0.200. The fourth-order valence-electron chi connectivity index (χ4n) is 5.40. The molecule has 1 saturated heterocycles. The van der Waals surface area contributed by atoms with Crippen LogP contribution in [0, 0.1) is 6.92 Å². The number of nitrogens with one attached hydrogen (secondary N) is 3. The number of urea groups is 1. The first-order chi connectivity index (χ1) is 19.9. The molecule has 4 aromatic rings. The minimum Gasteiger partial charge on any atom is -0.457 e. The van der Waals surface area contributed by atoms with Gasteiger partial charge in [0.05, 0.1) is 22.4 Å². The Bertz CT molecular complexity index is 1700. The van der Waals surface area contributed by atoms with Crippen molar-refractivity contribution < 1.29 is 23.9 Å². The molecule has 10 nitrogen and oxygen atoms in total. The van der Waals surface area contributed by atoms with E-state index in [2.05, 4.69) is 27.5 Å². The van der Waals surface area contributed by atoms with Crippen molar-refractivity contribution in [3.05, 3.63) is 83.9 Å². The fourth-order valence-corrected chi connectivity index (χ4v) is 6.41. The lowest BCUT2D eigenvalue weighted by Crippen LogP contribution is -2.62. The van der Waals surface area contributed by atoms with Gasteiger partial charge in [0, 0.05) is 26.4 Å². The van der Waals surface area contributed by atoms with Crippen LogP contribution in [0.15, 0.2) is 73.4 Å². The van der Waals surface area contributed by atoms with Gasteiger partial charge in [-0.3, -0.25) is 14.5 Å². The van der Waals surface area contributed by atoms with Crippen LogP contribution >= 0.6 is 11.3 Å². The summed E-state index contributed by atoms with van der Waals surface area (Å²) in [6.45, 7) is 6.09. The van der Waals surface area contributed by atoms with Gasteiger partial charge in [-0.15, -0.1) is 11.3 Å². The molecule has 3 N–H and O–H groups in total. The molecule has 3 amide bonds. The second-order valence-electron chi connectivity index (χ2n) is 9.79. The molecule has 208 valence electrons. The number of ketones is 1. The third-order valence-corrected chi connectivity index (χ3v) is 8.47. The van der Waals surface area contributed by atoms with E-state index >= 15 is 0 Å². The zero-order valence-electron chi connectivity index (χ0n) is 22.4. The van der Waals surface area contributed by atoms with Crippen molar-refractivity contribution >= 4 is 56.3 Å². The molecule has 0 radical (unpaired) electrons. The van der Waals surface area contributed by atoms with Crippen molar-refractivity contribution in [3.63, 3.8) is 0 Å². The van der Waals surface area contributed by atoms with Crippen LogP contribution in [-0.2, 0) is 9.53 Å². The van der Waals surface area contributed by atoms with E-state index in [1.807, 2.05) is 49.4 Å². The monoisotopic (exact) mass is 569 g/mol. The van der Waals surface area contributed by atoms with Crippen LogP contribution in [0.3, 0.4) is 0 Å². The quantitative estimate of drug-likeness (QED) is 0.258. The second kappa shape index (κ2) is 10.4. The van der Waals surface area contributed by atoms with Crippen molar-refractivity contribution in [2.75, 3.05) is 30.4 Å². The Hall–Kier alpha value is -4.58. The topological polar surface area (TPSA) is 122 Å². The number of thiophene rings is 1. The number of ether oxygens (including phenoxy) is 2. The van der Waals surface area contributed by atoms with Crippen molar-refractivity contribution in [1.82, 2.24) is 15.6 Å². The molecule has 0 unspecified atom stereocenters. The lowest BCUT2D eigenvalue weighted by Gasteiger charge is -2.32. The molecule has 0 bridgehead atoms. The van der Waals surface area contributed by atoms with Gasteiger partial charge in [0.15, 0.2) is 5.78 Å². The molecule has 4 heterocycles. The normalized spacial score (nSPS) is 19.6. The van der Waals surface area contributed by atoms with Crippen molar-refractivity contribution in [1.29, 1.82) is 0 Å². The summed E-state index contributed by atoms with van der Waals surface area (Å²) in [6.07, 6.45) is 2.21. The number of hydrogen-bond acceptors (Lipinski definition) is 8. The summed E-state index contributed by atoms with van der Waals surface area (Å²) in [5.74, 6) is 0.481. The van der Waals surface area contributed by atoms with Crippen LogP contribution in [0.25, 0.3) is 10.2 Å². The van der Waals surface area contributed by atoms with E-state index < -0.39 is 23.6 Å². The number of methoxy groups -OCH3 is 1. The van der Waals surface area contributed by atoms with E-state index in [1.54, 1.807) is 23.2 Å². The van der Waals surface area contributed by atoms with Crippen LogP contribution in [-0.4, -0.2) is 54.5 Å². The van der Waals surface area contributed by atoms with Gasteiger partial charge in [-0.1, -0.05) is 24.8 Å². The third-order valence-electron chi connectivity index (χ3n) is 7.37. The Kier molecular flexibility index (Phi) is 6.78. The first-order valence-electron chi connectivity index (χ1n) is 13.0. The minimum atomic E-state index is -1.32. The summed E-state index contributed by atoms with van der Waals surface area (Å²) in [4.78, 5) is 47.1. The van der Waals surface area contributed by atoms with Crippen LogP contribution in [0.4, 0.5) is 21.9 Å². The summed E-state index contributed by atoms with van der Waals surface area (Å²) in [7, 11) is 1.49. The highest BCUT2D eigenvalue weighted by Gasteiger charge is 2.50. The van der Waals surface area contributed by atoms with Crippen LogP contribution < -0.4 is 25.6 Å². The molecule has 6 rings (SSSR count). The van der Waals surface area contributed by atoms with Crippen molar-refractivity contribution in [3.8, 4) is 11.5 Å². The zero-order chi connectivity index (χ0) is 28.7. The molecule has 0 aliphatic carbocycles. The lowest BCUT2D eigenvalue weighted by atomic mass is 9.89. The average molecular weight is 570 g/mol. The highest BCUT2D eigenvalue weighted by atomic mass is 32.1. The number of pyridine rings is 1. The van der Waals surface area contributed by atoms with Gasteiger partial charge in [-0.05, 0) is 55.0 Å². The second-order valence-corrected chi connectivity index (χ2v) is 10.8. The Morgan fingerprint density at radius 1 is 1.17 bits per heavy atom. The highest BCUT2D eigenvalue weighted by molar-refractivity contribution is 7.21. The maximum Gasteiger partial charge on any atom is 0.331 e. The van der Waals surface area contributed by atoms with Crippen LogP contribution in [0.1, 0.15) is 15.2 Å². The molecule has 2 aromatic heterocycles. The lowest BCUT2D eigenvalue weighted by molar-refractivity contribution is -0.123. The predicted octanol–water partition coefficient (Wildman–Crippen LogP) is 4.92. The molecule has 11 heteroatoms. The number of amides is 3. The first kappa shape index (κ1) is 26.6. The molecular weight excluding hydrogens is 542 g/mol. The number of anilines is 3. The van der Waals surface area contributed by atoms with Gasteiger partial charge in [0.25, 0.3) is 5.91 Å². The molecule has 2 aromatic carbocycles. The maximum atomic E-state index is 13.7. The van der Waals surface area contributed by atoms with Gasteiger partial charge in [-0.25, -0.2) is 9.78 Å². The van der Waals surface area contributed by atoms with E-state index in [4.69, 9.17) is 9.47 Å². The predicted molar refractivity (Wildman–Crippen MR) is 158 cm³/mol. The SMILES string of the molecule is C=CC(=O)[C@]1(NC(=O)c2sc3nccc4c3c2NC(=O)N4c2ccc(Oc3ccccc3)cc2C)CNC[C@H]1OC. The molecule has 1 fully saturated rings. The summed E-state index contributed by atoms with van der Waals surface area (Å²) in [6, 6.07) is 16.3. The molecule has 2 aliphatic rings. The largest absolute Gasteiger partial charge is 0.457 e. The third kappa shape index (κ3) is 4.44. The minimum absolute atomic E-state index is 0.190. The van der Waals surface area contributed by atoms with E-state index in [0.29, 0.717) is 45.3 Å². The van der Waals surface area contributed by atoms with Gasteiger partial charge in [0.1, 0.15) is 32.8 Å². The molecule has 2 atom stereocenters. The van der Waals surface area contributed by atoms with Gasteiger partial charge in [-0.2, -0.15) is 0 Å². The number of benzene rings is 2. The standard InChI is InChI=1S/C30H27N5O5S/c1-4-22(36)30(16-31-15-23(30)39-3)34-27(37)26-25-24-21(12-13-32-28(24)41-26)35(29(38)33-25)20-11-10-19(14-17(20)2)40-18-8-6-5-7-9-18/h4-14,23,31H,1,15-16H2,2-3H3,(H,33,38)(H,34,37)/t23-,30-/m1/s1. The smallest absolute Gasteiger partial charge is 0.331 e. The summed E-state index contributed by atoms with van der Waals surface area (Å²) in [5.41, 5.74) is 1.11. The van der Waals surface area contributed by atoms with Gasteiger partial charge in [0.2, 0.25) is 0 Å². The molecule has 41 heavy (non-hydrogen) atoms. The Labute approximate surface area is 240 Å². The molecule has 0 spiro atoms. The number of aryl methyl sites for hydroxylation is 1. The number of carbonyl (C=O) groups excluding carboxylic acids is 3. The van der Waals surface area contributed by atoms with Crippen LogP contribution in [0.2, 0.25) is 0 Å². The van der Waals surface area contributed by atoms with Crippen molar-refractivity contribution in [2.24, 2.45) is 0 Å². The summed E-state index contributed by atoms with van der Waals surface area (Å²) < 4.78 is 11.5. The van der Waals surface area contributed by atoms with E-state index in [-0.39, 0.29) is 17.2 Å². The molecule has 0 saturated carbocycles. The number of para-hydroxylation sites is 1. The zero-order valence-corrected chi connectivity index (χ0v) is 23.2. The van der Waals surface area contributed by atoms with Gasteiger partial charge >= 0.3 is 6.03 Å². The summed E-state index contributed by atoms with van der Waals surface area (Å²) in [5, 5.41) is 9.55. The van der Waals surface area contributed by atoms with E-state index in [0.717, 1.165) is 16.9 Å². The number of aromatic nitrogens is 1. The summed E-state index contributed by atoms with van der Waals surface area (Å²) >= 11 is 1.15. The van der Waals surface area contributed by atoms with Crippen molar-refractivity contribution in [2.45, 2.75) is 18.6 Å². The average Bonchev–Trinajstić information content (AvgIpc) is 3.56. The van der Waals surface area contributed by atoms with Crippen LogP contribution in [0.5, 0.6) is 11.5 Å².